The van der Waals surface area contributed by atoms with E-state index in [4.69, 9.17) is 4.74 Å². The molecule has 0 saturated heterocycles. The van der Waals surface area contributed by atoms with Gasteiger partial charge in [-0.05, 0) is 35.7 Å². The first kappa shape index (κ1) is 20.2. The highest BCUT2D eigenvalue weighted by Crippen LogP contribution is 2.26. The smallest absolute Gasteiger partial charge is 0.123 e. The quantitative estimate of drug-likeness (QED) is 0.579. The molecule has 0 aliphatic carbocycles. The zero-order valence-electron chi connectivity index (χ0n) is 16.0. The maximum atomic E-state index is 12.9. The minimum Gasteiger partial charge on any atom is -0.389 e. The van der Waals surface area contributed by atoms with E-state index in [2.05, 4.69) is 36.5 Å². The normalized spacial score (nSPS) is 13.2. The van der Waals surface area contributed by atoms with Gasteiger partial charge in [0.25, 0.3) is 0 Å². The summed E-state index contributed by atoms with van der Waals surface area (Å²) in [5.74, 6) is -0.250. The van der Waals surface area contributed by atoms with Gasteiger partial charge in [-0.2, -0.15) is 0 Å². The lowest BCUT2D eigenvalue weighted by molar-refractivity contribution is 0.00649. The van der Waals surface area contributed by atoms with Crippen LogP contribution in [-0.2, 0) is 11.3 Å². The summed E-state index contributed by atoms with van der Waals surface area (Å²) in [6.07, 6.45) is -0.870. The number of rotatable bonds is 9. The van der Waals surface area contributed by atoms with Gasteiger partial charge in [0.05, 0.1) is 12.7 Å². The maximum absolute atomic E-state index is 12.9. The van der Waals surface area contributed by atoms with Crippen LogP contribution < -0.4 is 5.32 Å². The fourth-order valence-electron chi connectivity index (χ4n) is 3.01. The molecule has 0 aliphatic heterocycles. The molecule has 28 heavy (non-hydrogen) atoms. The number of halogens is 1. The van der Waals surface area contributed by atoms with E-state index in [9.17, 15) is 9.50 Å². The molecule has 0 bridgehead atoms. The highest BCUT2D eigenvalue weighted by atomic mass is 19.1. The lowest BCUT2D eigenvalue weighted by Crippen LogP contribution is -2.30. The summed E-state index contributed by atoms with van der Waals surface area (Å²) in [6.45, 7) is 3.23. The Kier molecular flexibility index (Phi) is 7.31. The molecular formula is C24H26FNO2. The zero-order valence-corrected chi connectivity index (χ0v) is 16.0. The Morgan fingerprint density at radius 3 is 2.21 bits per heavy atom. The van der Waals surface area contributed by atoms with Crippen LogP contribution in [0.2, 0.25) is 0 Å². The fraction of sp³-hybridized carbons (Fsp3) is 0.250. The number of ether oxygens (including phenoxy) is 1. The first-order valence-corrected chi connectivity index (χ1v) is 9.48. The monoisotopic (exact) mass is 379 g/mol. The lowest BCUT2D eigenvalue weighted by atomic mass is 10.0. The van der Waals surface area contributed by atoms with E-state index in [0.29, 0.717) is 13.1 Å². The van der Waals surface area contributed by atoms with E-state index in [1.165, 1.54) is 17.7 Å². The molecule has 2 N–H and O–H groups in total. The number of aliphatic hydroxyl groups is 1. The number of aliphatic hydroxyl groups excluding tert-OH is 1. The van der Waals surface area contributed by atoms with Crippen molar-refractivity contribution in [1.29, 1.82) is 0 Å². The van der Waals surface area contributed by atoms with Crippen molar-refractivity contribution in [3.05, 3.63) is 107 Å². The van der Waals surface area contributed by atoms with Gasteiger partial charge in [-0.3, -0.25) is 0 Å². The summed E-state index contributed by atoms with van der Waals surface area (Å²) in [5.41, 5.74) is 4.28. The molecule has 0 radical (unpaired) electrons. The standard InChI is InChI=1S/C24H26FNO2/c1-18-7-11-21(12-8-18)24(20-5-3-2-4-6-20)28-17-23(27)16-26-15-19-9-13-22(25)14-10-19/h2-14,23-24,26-27H,15-17H2,1H3. The van der Waals surface area contributed by atoms with Crippen molar-refractivity contribution < 1.29 is 14.2 Å². The molecule has 0 saturated carbocycles. The van der Waals surface area contributed by atoms with Crippen LogP contribution in [0.4, 0.5) is 4.39 Å². The van der Waals surface area contributed by atoms with Crippen molar-refractivity contribution in [3.8, 4) is 0 Å². The molecular weight excluding hydrogens is 353 g/mol. The van der Waals surface area contributed by atoms with E-state index < -0.39 is 6.10 Å². The predicted octanol–water partition coefficient (Wildman–Crippen LogP) is 4.39. The van der Waals surface area contributed by atoms with Crippen LogP contribution >= 0.6 is 0 Å². The van der Waals surface area contributed by atoms with Gasteiger partial charge in [-0.1, -0.05) is 72.3 Å². The van der Waals surface area contributed by atoms with Gasteiger partial charge in [0, 0.05) is 13.1 Å². The summed E-state index contributed by atoms with van der Waals surface area (Å²) in [5, 5.41) is 13.5. The average Bonchev–Trinajstić information content (AvgIpc) is 2.72. The van der Waals surface area contributed by atoms with Crippen LogP contribution in [0.1, 0.15) is 28.4 Å². The highest BCUT2D eigenvalue weighted by molar-refractivity contribution is 5.31. The Labute approximate surface area is 165 Å². The summed E-state index contributed by atoms with van der Waals surface area (Å²) < 4.78 is 19.0. The van der Waals surface area contributed by atoms with Crippen molar-refractivity contribution in [2.24, 2.45) is 0 Å². The lowest BCUT2D eigenvalue weighted by Gasteiger charge is -2.21. The molecule has 0 heterocycles. The average molecular weight is 379 g/mol. The molecule has 2 atom stereocenters. The second kappa shape index (κ2) is 10.1. The molecule has 3 aromatic rings. The SMILES string of the molecule is Cc1ccc(C(OCC(O)CNCc2ccc(F)cc2)c2ccccc2)cc1. The largest absolute Gasteiger partial charge is 0.389 e. The predicted molar refractivity (Wildman–Crippen MR) is 110 cm³/mol. The number of hydrogen-bond acceptors (Lipinski definition) is 3. The molecule has 0 aliphatic rings. The van der Waals surface area contributed by atoms with E-state index in [0.717, 1.165) is 16.7 Å². The topological polar surface area (TPSA) is 41.5 Å². The number of aryl methyl sites for hydroxylation is 1. The molecule has 0 spiro atoms. The van der Waals surface area contributed by atoms with Gasteiger partial charge in [0.15, 0.2) is 0 Å². The third-order valence-corrected chi connectivity index (χ3v) is 4.56. The zero-order chi connectivity index (χ0) is 19.8. The van der Waals surface area contributed by atoms with Gasteiger partial charge in [-0.15, -0.1) is 0 Å². The first-order chi connectivity index (χ1) is 13.6. The summed E-state index contributed by atoms with van der Waals surface area (Å²) in [7, 11) is 0. The van der Waals surface area contributed by atoms with Crippen LogP contribution in [0.5, 0.6) is 0 Å². The highest BCUT2D eigenvalue weighted by Gasteiger charge is 2.16. The summed E-state index contributed by atoms with van der Waals surface area (Å²) in [4.78, 5) is 0. The van der Waals surface area contributed by atoms with Crippen molar-refractivity contribution >= 4 is 0 Å². The Hall–Kier alpha value is -2.53. The Morgan fingerprint density at radius 2 is 1.54 bits per heavy atom. The van der Waals surface area contributed by atoms with Gasteiger partial charge < -0.3 is 15.2 Å². The van der Waals surface area contributed by atoms with Crippen LogP contribution in [0.3, 0.4) is 0 Å². The van der Waals surface area contributed by atoms with Crippen molar-refractivity contribution in [2.45, 2.75) is 25.7 Å². The number of benzene rings is 3. The number of nitrogens with one attached hydrogen (secondary N) is 1. The molecule has 146 valence electrons. The minimum absolute atomic E-state index is 0.212. The second-order valence-electron chi connectivity index (χ2n) is 6.95. The minimum atomic E-state index is -0.642. The Morgan fingerprint density at radius 1 is 0.893 bits per heavy atom. The van der Waals surface area contributed by atoms with Gasteiger partial charge in [0.1, 0.15) is 11.9 Å². The molecule has 0 fully saturated rings. The number of hydrogen-bond donors (Lipinski definition) is 2. The molecule has 3 rings (SSSR count). The van der Waals surface area contributed by atoms with Crippen molar-refractivity contribution in [3.63, 3.8) is 0 Å². The van der Waals surface area contributed by atoms with E-state index in [1.54, 1.807) is 12.1 Å². The van der Waals surface area contributed by atoms with Crippen LogP contribution in [-0.4, -0.2) is 24.4 Å². The van der Waals surface area contributed by atoms with Crippen LogP contribution in [0.15, 0.2) is 78.9 Å². The first-order valence-electron chi connectivity index (χ1n) is 9.48. The van der Waals surface area contributed by atoms with Gasteiger partial charge in [0.2, 0.25) is 0 Å². The molecule has 3 nitrogen and oxygen atoms in total. The van der Waals surface area contributed by atoms with E-state index >= 15 is 0 Å². The molecule has 4 heteroatoms. The van der Waals surface area contributed by atoms with Crippen molar-refractivity contribution in [2.75, 3.05) is 13.2 Å². The molecule has 0 aromatic heterocycles. The fourth-order valence-corrected chi connectivity index (χ4v) is 3.01. The second-order valence-corrected chi connectivity index (χ2v) is 6.95. The molecule has 3 aromatic carbocycles. The molecule has 0 amide bonds. The Balaban J connectivity index is 1.55. The maximum Gasteiger partial charge on any atom is 0.123 e. The van der Waals surface area contributed by atoms with Crippen molar-refractivity contribution in [1.82, 2.24) is 5.32 Å². The summed E-state index contributed by atoms with van der Waals surface area (Å²) in [6, 6.07) is 24.6. The van der Waals surface area contributed by atoms with Crippen LogP contribution in [0.25, 0.3) is 0 Å². The third kappa shape index (κ3) is 5.99. The van der Waals surface area contributed by atoms with E-state index in [-0.39, 0.29) is 18.5 Å². The van der Waals surface area contributed by atoms with Gasteiger partial charge >= 0.3 is 0 Å². The Bertz CT molecular complexity index is 835. The third-order valence-electron chi connectivity index (χ3n) is 4.56. The molecule has 2 unspecified atom stereocenters. The van der Waals surface area contributed by atoms with Crippen LogP contribution in [0, 0.1) is 12.7 Å². The van der Waals surface area contributed by atoms with E-state index in [1.807, 2.05) is 30.3 Å². The van der Waals surface area contributed by atoms with Gasteiger partial charge in [-0.25, -0.2) is 4.39 Å². The summed E-state index contributed by atoms with van der Waals surface area (Å²) >= 11 is 0.